The van der Waals surface area contributed by atoms with Gasteiger partial charge in [-0.1, -0.05) is 18.2 Å². The highest BCUT2D eigenvalue weighted by molar-refractivity contribution is 5.33. The van der Waals surface area contributed by atoms with E-state index in [4.69, 9.17) is 5.73 Å². The molecule has 0 radical (unpaired) electrons. The van der Waals surface area contributed by atoms with Crippen molar-refractivity contribution in [3.63, 3.8) is 0 Å². The second kappa shape index (κ2) is 4.44. The van der Waals surface area contributed by atoms with Crippen molar-refractivity contribution in [2.45, 2.75) is 36.8 Å². The zero-order valence-corrected chi connectivity index (χ0v) is 10.1. The maximum absolute atomic E-state index is 13.4. The Morgan fingerprint density at radius 1 is 1.16 bits per heavy atom. The van der Waals surface area contributed by atoms with Gasteiger partial charge >= 0.3 is 6.18 Å². The van der Waals surface area contributed by atoms with Crippen LogP contribution in [0.15, 0.2) is 24.3 Å². The minimum absolute atomic E-state index is 0.0795. The summed E-state index contributed by atoms with van der Waals surface area (Å²) in [7, 11) is 0. The van der Waals surface area contributed by atoms with Crippen LogP contribution in [0.25, 0.3) is 0 Å². The Morgan fingerprint density at radius 3 is 2.32 bits per heavy atom. The topological polar surface area (TPSA) is 26.0 Å². The molecule has 0 spiro atoms. The fraction of sp³-hybridized carbons (Fsp3) is 0.538. The molecule has 1 saturated carbocycles. The van der Waals surface area contributed by atoms with Crippen LogP contribution in [0.2, 0.25) is 0 Å². The van der Waals surface area contributed by atoms with E-state index in [0.717, 1.165) is 12.1 Å². The van der Waals surface area contributed by atoms with E-state index < -0.39 is 29.5 Å². The fourth-order valence-corrected chi connectivity index (χ4v) is 2.66. The highest BCUT2D eigenvalue weighted by Crippen LogP contribution is 2.49. The van der Waals surface area contributed by atoms with Crippen LogP contribution in [0.3, 0.4) is 0 Å². The third kappa shape index (κ3) is 2.73. The molecule has 1 fully saturated rings. The Labute approximate surface area is 107 Å². The lowest BCUT2D eigenvalue weighted by Gasteiger charge is -2.28. The van der Waals surface area contributed by atoms with Crippen molar-refractivity contribution >= 4 is 0 Å². The van der Waals surface area contributed by atoms with Gasteiger partial charge in [-0.3, -0.25) is 0 Å². The molecule has 1 nitrogen and oxygen atoms in total. The predicted molar refractivity (Wildman–Crippen MR) is 61.0 cm³/mol. The molecule has 2 rings (SSSR count). The predicted octanol–water partition coefficient (Wildman–Crippen LogP) is 3.72. The first kappa shape index (κ1) is 14.2. The third-order valence-electron chi connectivity index (χ3n) is 3.76. The Bertz CT molecular complexity index is 468. The second-order valence-corrected chi connectivity index (χ2v) is 5.10. The van der Waals surface area contributed by atoms with Crippen LogP contribution in [0.1, 0.15) is 30.4 Å². The molecule has 0 heterocycles. The summed E-state index contributed by atoms with van der Waals surface area (Å²) < 4.78 is 64.7. The van der Waals surface area contributed by atoms with Gasteiger partial charge in [0, 0.05) is 24.8 Å². The van der Waals surface area contributed by atoms with Crippen LogP contribution in [-0.4, -0.2) is 12.5 Å². The number of rotatable bonds is 2. The number of nitrogens with two attached hydrogens (primary N) is 1. The summed E-state index contributed by atoms with van der Waals surface area (Å²) in [5, 5.41) is 0. The quantitative estimate of drug-likeness (QED) is 0.820. The molecule has 1 atom stereocenters. The first-order valence-electron chi connectivity index (χ1n) is 5.94. The van der Waals surface area contributed by atoms with Gasteiger partial charge in [-0.15, -0.1) is 0 Å². The Morgan fingerprint density at radius 2 is 1.84 bits per heavy atom. The summed E-state index contributed by atoms with van der Waals surface area (Å²) in [6, 6.07) is 4.56. The molecule has 106 valence electrons. The fourth-order valence-electron chi connectivity index (χ4n) is 2.66. The number of alkyl halides is 5. The average Bonchev–Trinajstić information content (AvgIpc) is 2.65. The molecule has 0 aromatic heterocycles. The van der Waals surface area contributed by atoms with Crippen LogP contribution in [0.4, 0.5) is 22.0 Å². The molecule has 0 bridgehead atoms. The number of halogens is 5. The van der Waals surface area contributed by atoms with Gasteiger partial charge < -0.3 is 5.73 Å². The van der Waals surface area contributed by atoms with Gasteiger partial charge in [-0.2, -0.15) is 13.2 Å². The molecule has 19 heavy (non-hydrogen) atoms. The van der Waals surface area contributed by atoms with E-state index in [-0.39, 0.29) is 24.9 Å². The molecule has 1 unspecified atom stereocenters. The minimum Gasteiger partial charge on any atom is -0.330 e. The van der Waals surface area contributed by atoms with Crippen LogP contribution in [0, 0.1) is 0 Å². The maximum Gasteiger partial charge on any atom is 0.416 e. The van der Waals surface area contributed by atoms with E-state index in [9.17, 15) is 22.0 Å². The molecule has 6 heteroatoms. The summed E-state index contributed by atoms with van der Waals surface area (Å²) >= 11 is 0. The zero-order chi connectivity index (χ0) is 14.3. The molecule has 0 aliphatic heterocycles. The summed E-state index contributed by atoms with van der Waals surface area (Å²) in [4.78, 5) is 0. The summed E-state index contributed by atoms with van der Waals surface area (Å²) in [6.07, 6.45) is -5.19. The second-order valence-electron chi connectivity index (χ2n) is 5.10. The van der Waals surface area contributed by atoms with Gasteiger partial charge in [-0.05, 0) is 18.1 Å². The molecular weight excluding hydrogens is 265 g/mol. The first-order chi connectivity index (χ1) is 8.69. The molecule has 0 saturated heterocycles. The van der Waals surface area contributed by atoms with Crippen molar-refractivity contribution in [1.82, 2.24) is 0 Å². The van der Waals surface area contributed by atoms with E-state index in [0.29, 0.717) is 0 Å². The average molecular weight is 279 g/mol. The SMILES string of the molecule is NCC1(c2cccc(C(F)(F)F)c2)CCC(F)(F)C1. The van der Waals surface area contributed by atoms with Crippen molar-refractivity contribution in [2.75, 3.05) is 6.54 Å². The van der Waals surface area contributed by atoms with Crippen molar-refractivity contribution in [1.29, 1.82) is 0 Å². The van der Waals surface area contributed by atoms with Gasteiger partial charge in [-0.25, -0.2) is 8.78 Å². The standard InChI is InChI=1S/C13H14F5N/c14-12(15)5-4-11(7-12,8-19)9-2-1-3-10(6-9)13(16,17)18/h1-3,6H,4-5,7-8,19H2. The maximum atomic E-state index is 13.4. The lowest BCUT2D eigenvalue weighted by molar-refractivity contribution is -0.137. The smallest absolute Gasteiger partial charge is 0.330 e. The van der Waals surface area contributed by atoms with Gasteiger partial charge in [0.05, 0.1) is 5.56 Å². The van der Waals surface area contributed by atoms with Crippen molar-refractivity contribution in [2.24, 2.45) is 5.73 Å². The highest BCUT2D eigenvalue weighted by Gasteiger charge is 2.49. The lowest BCUT2D eigenvalue weighted by atomic mass is 9.78. The monoisotopic (exact) mass is 279 g/mol. The molecule has 0 amide bonds. The lowest BCUT2D eigenvalue weighted by Crippen LogP contribution is -2.34. The van der Waals surface area contributed by atoms with Gasteiger partial charge in [0.1, 0.15) is 0 Å². The Kier molecular flexibility index (Phi) is 3.33. The first-order valence-corrected chi connectivity index (χ1v) is 5.94. The molecule has 1 aromatic rings. The molecule has 1 aromatic carbocycles. The van der Waals surface area contributed by atoms with Gasteiger partial charge in [0.2, 0.25) is 5.92 Å². The van der Waals surface area contributed by atoms with Crippen LogP contribution >= 0.6 is 0 Å². The summed E-state index contributed by atoms with van der Waals surface area (Å²) in [6.45, 7) is -0.0795. The molecule has 1 aliphatic rings. The summed E-state index contributed by atoms with van der Waals surface area (Å²) in [5.41, 5.74) is 3.94. The van der Waals surface area contributed by atoms with Crippen molar-refractivity contribution < 1.29 is 22.0 Å². The van der Waals surface area contributed by atoms with Crippen molar-refractivity contribution in [3.8, 4) is 0 Å². The van der Waals surface area contributed by atoms with Crippen LogP contribution in [0.5, 0.6) is 0 Å². The van der Waals surface area contributed by atoms with E-state index in [1.165, 1.54) is 12.1 Å². The van der Waals surface area contributed by atoms with E-state index in [1.54, 1.807) is 0 Å². The normalized spacial score (nSPS) is 26.6. The van der Waals surface area contributed by atoms with Crippen LogP contribution < -0.4 is 5.73 Å². The van der Waals surface area contributed by atoms with E-state index in [2.05, 4.69) is 0 Å². The number of hydrogen-bond acceptors (Lipinski definition) is 1. The van der Waals surface area contributed by atoms with E-state index in [1.807, 2.05) is 0 Å². The Hall–Kier alpha value is -1.17. The number of hydrogen-bond donors (Lipinski definition) is 1. The minimum atomic E-state index is -4.48. The highest BCUT2D eigenvalue weighted by atomic mass is 19.4. The Balaban J connectivity index is 2.40. The van der Waals surface area contributed by atoms with Crippen LogP contribution in [-0.2, 0) is 11.6 Å². The zero-order valence-electron chi connectivity index (χ0n) is 10.1. The molecule has 2 N–H and O–H groups in total. The number of benzene rings is 1. The molecular formula is C13H14F5N. The third-order valence-corrected chi connectivity index (χ3v) is 3.76. The molecule has 1 aliphatic carbocycles. The van der Waals surface area contributed by atoms with Gasteiger partial charge in [0.25, 0.3) is 0 Å². The summed E-state index contributed by atoms with van der Waals surface area (Å²) in [5.74, 6) is -2.85. The van der Waals surface area contributed by atoms with Crippen molar-refractivity contribution in [3.05, 3.63) is 35.4 Å². The van der Waals surface area contributed by atoms with E-state index >= 15 is 0 Å². The van der Waals surface area contributed by atoms with Gasteiger partial charge in [0.15, 0.2) is 0 Å². The largest absolute Gasteiger partial charge is 0.416 e.